The van der Waals surface area contributed by atoms with E-state index in [4.69, 9.17) is 5.73 Å². The van der Waals surface area contributed by atoms with Gasteiger partial charge in [-0.3, -0.25) is 9.59 Å². The average molecular weight is 244 g/mol. The molecule has 0 aliphatic carbocycles. The first-order chi connectivity index (χ1) is 7.10. The zero-order valence-electron chi connectivity index (χ0n) is 8.64. The lowest BCUT2D eigenvalue weighted by molar-refractivity contribution is -0.171. The van der Waals surface area contributed by atoms with Crippen molar-refractivity contribution in [3.63, 3.8) is 0 Å². The fraction of sp³-hybridized carbons (Fsp3) is 0.750. The number of hydrogen-bond acceptors (Lipinski definition) is 2. The predicted molar refractivity (Wildman–Crippen MR) is 46.9 cm³/mol. The molecule has 1 unspecified atom stereocenters. The van der Waals surface area contributed by atoms with E-state index in [9.17, 15) is 27.2 Å². The largest absolute Gasteiger partial charge is 0.383 e. The maximum atomic E-state index is 12.5. The van der Waals surface area contributed by atoms with Crippen LogP contribution in [0.1, 0.15) is 13.8 Å². The minimum Gasteiger partial charge on any atom is -0.368 e. The van der Waals surface area contributed by atoms with Gasteiger partial charge in [-0.25, -0.2) is 8.78 Å². The molecule has 0 aromatic heterocycles. The first-order valence-electron chi connectivity index (χ1n) is 4.37. The highest BCUT2D eigenvalue weighted by Gasteiger charge is 2.49. The van der Waals surface area contributed by atoms with E-state index in [0.29, 0.717) is 0 Å². The second kappa shape index (κ2) is 5.13. The predicted octanol–water partition coefficient (Wildman–Crippen LogP) is 0.513. The third-order valence-corrected chi connectivity index (χ3v) is 1.84. The van der Waals surface area contributed by atoms with Gasteiger partial charge in [0.2, 0.25) is 5.91 Å². The van der Waals surface area contributed by atoms with Gasteiger partial charge in [0, 0.05) is 0 Å². The maximum Gasteiger partial charge on any atom is 0.383 e. The Balaban J connectivity index is 4.72. The zero-order valence-corrected chi connectivity index (χ0v) is 8.64. The monoisotopic (exact) mass is 244 g/mol. The number of rotatable bonds is 5. The lowest BCUT2D eigenvalue weighted by atomic mass is 10.0. The van der Waals surface area contributed by atoms with Crippen LogP contribution in [0, 0.1) is 5.92 Å². The van der Waals surface area contributed by atoms with Crippen molar-refractivity contribution in [2.75, 3.05) is 0 Å². The third-order valence-electron chi connectivity index (χ3n) is 1.84. The smallest absolute Gasteiger partial charge is 0.368 e. The highest BCUT2D eigenvalue weighted by atomic mass is 19.3. The molecule has 0 spiro atoms. The SMILES string of the molecule is CC(C)C(NC(=O)C(F)(F)C(F)F)C(N)=O. The summed E-state index contributed by atoms with van der Waals surface area (Å²) in [5.41, 5.74) is 4.82. The van der Waals surface area contributed by atoms with E-state index < -0.39 is 36.1 Å². The summed E-state index contributed by atoms with van der Waals surface area (Å²) >= 11 is 0. The maximum absolute atomic E-state index is 12.5. The highest BCUT2D eigenvalue weighted by Crippen LogP contribution is 2.23. The molecular formula is C8H12F4N2O2. The minimum atomic E-state index is -4.83. The zero-order chi connectivity index (χ0) is 13.1. The van der Waals surface area contributed by atoms with Gasteiger partial charge in [-0.1, -0.05) is 13.8 Å². The van der Waals surface area contributed by atoms with Crippen molar-refractivity contribution in [3.05, 3.63) is 0 Å². The number of carbonyl (C=O) groups is 2. The summed E-state index contributed by atoms with van der Waals surface area (Å²) in [5, 5.41) is 1.49. The molecule has 0 saturated heterocycles. The Kier molecular flexibility index (Phi) is 4.70. The van der Waals surface area contributed by atoms with Gasteiger partial charge in [0.25, 0.3) is 5.91 Å². The molecule has 0 aliphatic heterocycles. The van der Waals surface area contributed by atoms with Crippen LogP contribution < -0.4 is 11.1 Å². The second-order valence-corrected chi connectivity index (χ2v) is 3.52. The van der Waals surface area contributed by atoms with Crippen LogP contribution in [0.4, 0.5) is 17.6 Å². The van der Waals surface area contributed by atoms with Crippen LogP contribution >= 0.6 is 0 Å². The summed E-state index contributed by atoms with van der Waals surface area (Å²) in [6, 6.07) is -1.41. The van der Waals surface area contributed by atoms with Crippen LogP contribution in [0.3, 0.4) is 0 Å². The summed E-state index contributed by atoms with van der Waals surface area (Å²) < 4.78 is 48.6. The number of primary amides is 1. The van der Waals surface area contributed by atoms with Crippen molar-refractivity contribution in [2.24, 2.45) is 11.7 Å². The van der Waals surface area contributed by atoms with Crippen LogP contribution in [-0.2, 0) is 9.59 Å². The molecule has 8 heteroatoms. The molecule has 3 N–H and O–H groups in total. The molecule has 0 saturated carbocycles. The molecule has 0 heterocycles. The Morgan fingerprint density at radius 1 is 1.25 bits per heavy atom. The van der Waals surface area contributed by atoms with Crippen molar-refractivity contribution in [2.45, 2.75) is 32.2 Å². The van der Waals surface area contributed by atoms with Gasteiger partial charge in [0.05, 0.1) is 0 Å². The van der Waals surface area contributed by atoms with Gasteiger partial charge in [-0.05, 0) is 5.92 Å². The van der Waals surface area contributed by atoms with E-state index >= 15 is 0 Å². The van der Waals surface area contributed by atoms with E-state index in [1.54, 1.807) is 0 Å². The highest BCUT2D eigenvalue weighted by molar-refractivity contribution is 5.90. The van der Waals surface area contributed by atoms with E-state index in [-0.39, 0.29) is 0 Å². The Bertz CT molecular complexity index is 281. The first kappa shape index (κ1) is 14.7. The van der Waals surface area contributed by atoms with E-state index in [0.717, 1.165) is 0 Å². The second-order valence-electron chi connectivity index (χ2n) is 3.52. The van der Waals surface area contributed by atoms with Gasteiger partial charge in [0.1, 0.15) is 6.04 Å². The summed E-state index contributed by atoms with van der Waals surface area (Å²) in [4.78, 5) is 21.5. The number of hydrogen-bond donors (Lipinski definition) is 2. The quantitative estimate of drug-likeness (QED) is 0.692. The van der Waals surface area contributed by atoms with Gasteiger partial charge in [-0.15, -0.1) is 0 Å². The third kappa shape index (κ3) is 3.35. The molecule has 0 aromatic rings. The number of nitrogens with two attached hydrogens (primary N) is 1. The van der Waals surface area contributed by atoms with Crippen molar-refractivity contribution in [1.82, 2.24) is 5.32 Å². The first-order valence-corrected chi connectivity index (χ1v) is 4.37. The van der Waals surface area contributed by atoms with Crippen molar-refractivity contribution in [3.8, 4) is 0 Å². The molecule has 0 aromatic carbocycles. The normalized spacial score (nSPS) is 14.0. The van der Waals surface area contributed by atoms with Crippen LogP contribution in [-0.4, -0.2) is 30.2 Å². The Hall–Kier alpha value is -1.34. The molecule has 0 fully saturated rings. The number of amides is 2. The van der Waals surface area contributed by atoms with Crippen molar-refractivity contribution in [1.29, 1.82) is 0 Å². The van der Waals surface area contributed by atoms with Crippen LogP contribution in [0.2, 0.25) is 0 Å². The summed E-state index contributed by atoms with van der Waals surface area (Å²) in [7, 11) is 0. The molecule has 0 bridgehead atoms. The van der Waals surface area contributed by atoms with Gasteiger partial charge >= 0.3 is 12.3 Å². The summed E-state index contributed by atoms with van der Waals surface area (Å²) in [6.07, 6.45) is -4.13. The van der Waals surface area contributed by atoms with E-state index in [2.05, 4.69) is 0 Å². The number of halogens is 4. The number of alkyl halides is 4. The van der Waals surface area contributed by atoms with Crippen molar-refractivity contribution >= 4 is 11.8 Å². The van der Waals surface area contributed by atoms with Gasteiger partial charge in [0.15, 0.2) is 0 Å². The lowest BCUT2D eigenvalue weighted by Gasteiger charge is -2.22. The summed E-state index contributed by atoms with van der Waals surface area (Å²) in [6.45, 7) is 2.85. The summed E-state index contributed by atoms with van der Waals surface area (Å²) in [5.74, 6) is -8.67. The van der Waals surface area contributed by atoms with Gasteiger partial charge in [-0.2, -0.15) is 8.78 Å². The standard InChI is InChI=1S/C8H12F4N2O2/c1-3(2)4(5(13)15)14-7(16)8(11,12)6(9)10/h3-4,6H,1-2H3,(H2,13,15)(H,14,16). The van der Waals surface area contributed by atoms with E-state index in [1.807, 2.05) is 0 Å². The minimum absolute atomic E-state index is 0.574. The number of carbonyl (C=O) groups excluding carboxylic acids is 2. The fourth-order valence-electron chi connectivity index (χ4n) is 0.903. The molecule has 0 radical (unpaired) electrons. The van der Waals surface area contributed by atoms with Crippen LogP contribution in [0.5, 0.6) is 0 Å². The molecule has 0 aliphatic rings. The molecule has 2 amide bonds. The molecule has 4 nitrogen and oxygen atoms in total. The Morgan fingerprint density at radius 2 is 1.69 bits per heavy atom. The number of nitrogens with one attached hydrogen (secondary N) is 1. The van der Waals surface area contributed by atoms with E-state index in [1.165, 1.54) is 19.2 Å². The Labute approximate surface area is 89.2 Å². The molecule has 0 rings (SSSR count). The molecular weight excluding hydrogens is 232 g/mol. The van der Waals surface area contributed by atoms with Crippen LogP contribution in [0.25, 0.3) is 0 Å². The van der Waals surface area contributed by atoms with Crippen molar-refractivity contribution < 1.29 is 27.2 Å². The molecule has 94 valence electrons. The molecule has 1 atom stereocenters. The van der Waals surface area contributed by atoms with Gasteiger partial charge < -0.3 is 11.1 Å². The average Bonchev–Trinajstić information content (AvgIpc) is 2.11. The fourth-order valence-corrected chi connectivity index (χ4v) is 0.903. The topological polar surface area (TPSA) is 72.2 Å². The lowest BCUT2D eigenvalue weighted by Crippen LogP contribution is -2.54. The Morgan fingerprint density at radius 3 is 1.94 bits per heavy atom. The van der Waals surface area contributed by atoms with Crippen LogP contribution in [0.15, 0.2) is 0 Å². The molecule has 16 heavy (non-hydrogen) atoms.